The Morgan fingerprint density at radius 3 is 1.50 bits per heavy atom. The highest BCUT2D eigenvalue weighted by Gasteiger charge is 1.98. The van der Waals surface area contributed by atoms with Crippen LogP contribution in [0.2, 0.25) is 0 Å². The maximum Gasteiger partial charge on any atom is 0.00159 e. The number of unbranched alkanes of at least 4 members (excludes halogenated alkanes) is 11. The van der Waals surface area contributed by atoms with Gasteiger partial charge < -0.3 is 0 Å². The first-order valence-electron chi connectivity index (χ1n) is 8.13. The van der Waals surface area contributed by atoms with E-state index in [2.05, 4.69) is 20.1 Å². The van der Waals surface area contributed by atoms with Crippen molar-refractivity contribution in [2.75, 3.05) is 6.26 Å². The third-order valence-electron chi connectivity index (χ3n) is 3.76. The summed E-state index contributed by atoms with van der Waals surface area (Å²) in [6.07, 6.45) is 20.6. The first kappa shape index (κ1) is 18.4. The van der Waals surface area contributed by atoms with E-state index in [1.807, 2.05) is 11.8 Å². The van der Waals surface area contributed by atoms with E-state index in [9.17, 15) is 0 Å². The summed E-state index contributed by atoms with van der Waals surface area (Å²) in [7, 11) is 0. The highest BCUT2D eigenvalue weighted by atomic mass is 32.2. The lowest BCUT2D eigenvalue weighted by Gasteiger charge is -2.07. The van der Waals surface area contributed by atoms with E-state index in [0.717, 1.165) is 11.7 Å². The Morgan fingerprint density at radius 2 is 1.11 bits per heavy atom. The molecule has 0 aliphatic heterocycles. The molecule has 0 spiro atoms. The quantitative estimate of drug-likeness (QED) is 0.319. The summed E-state index contributed by atoms with van der Waals surface area (Å²) in [5.41, 5.74) is 0. The minimum Gasteiger partial charge on any atom is -0.162 e. The van der Waals surface area contributed by atoms with Crippen molar-refractivity contribution >= 4 is 11.8 Å². The molecular formula is C17H35S. The Bertz CT molecular complexity index is 145. The van der Waals surface area contributed by atoms with Crippen LogP contribution in [0, 0.1) is 6.92 Å². The first-order valence-corrected chi connectivity index (χ1v) is 9.42. The molecule has 0 aromatic heterocycles. The minimum absolute atomic E-state index is 0.864. The van der Waals surface area contributed by atoms with Crippen LogP contribution in [0.4, 0.5) is 0 Å². The summed E-state index contributed by atoms with van der Waals surface area (Å²) in [5, 5.41) is 0.864. The van der Waals surface area contributed by atoms with Gasteiger partial charge in [-0.25, -0.2) is 0 Å². The van der Waals surface area contributed by atoms with E-state index in [-0.39, 0.29) is 0 Å². The summed E-state index contributed by atoms with van der Waals surface area (Å²) in [6, 6.07) is 0. The number of thioether (sulfide) groups is 1. The summed E-state index contributed by atoms with van der Waals surface area (Å²) >= 11 is 2.00. The molecule has 0 N–H and O–H groups in total. The lowest BCUT2D eigenvalue weighted by atomic mass is 10.0. The first-order chi connectivity index (χ1) is 8.81. The van der Waals surface area contributed by atoms with Crippen molar-refractivity contribution in [3.05, 3.63) is 6.92 Å². The molecule has 1 heteroatoms. The maximum atomic E-state index is 3.88. The number of hydrogen-bond donors (Lipinski definition) is 0. The predicted octanol–water partition coefficient (Wildman–Crippen LogP) is 6.64. The van der Waals surface area contributed by atoms with Gasteiger partial charge in [-0.05, 0) is 12.7 Å². The van der Waals surface area contributed by atoms with Gasteiger partial charge in [0.05, 0.1) is 0 Å². The maximum absolute atomic E-state index is 3.88. The van der Waals surface area contributed by atoms with Crippen LogP contribution in [0.3, 0.4) is 0 Å². The molecule has 0 nitrogen and oxygen atoms in total. The Morgan fingerprint density at radius 1 is 0.722 bits per heavy atom. The Balaban J connectivity index is 2.94. The third-order valence-corrected chi connectivity index (χ3v) is 4.80. The zero-order valence-electron chi connectivity index (χ0n) is 12.9. The molecule has 1 radical (unpaired) electrons. The molecule has 0 saturated heterocycles. The van der Waals surface area contributed by atoms with Crippen LogP contribution in [-0.2, 0) is 0 Å². The molecule has 0 fully saturated rings. The van der Waals surface area contributed by atoms with Crippen molar-refractivity contribution in [3.63, 3.8) is 0 Å². The predicted molar refractivity (Wildman–Crippen MR) is 88.4 cm³/mol. The zero-order valence-corrected chi connectivity index (χ0v) is 13.7. The van der Waals surface area contributed by atoms with Crippen LogP contribution >= 0.6 is 11.8 Å². The normalized spacial score (nSPS) is 12.8. The van der Waals surface area contributed by atoms with Crippen LogP contribution < -0.4 is 0 Å². The Hall–Kier alpha value is 0.350. The van der Waals surface area contributed by atoms with Gasteiger partial charge in [0.2, 0.25) is 0 Å². The second kappa shape index (κ2) is 15.4. The second-order valence-electron chi connectivity index (χ2n) is 5.58. The van der Waals surface area contributed by atoms with Gasteiger partial charge in [-0.1, -0.05) is 90.9 Å². The van der Waals surface area contributed by atoms with Gasteiger partial charge in [0.25, 0.3) is 0 Å². The molecule has 1 unspecified atom stereocenters. The summed E-state index contributed by atoms with van der Waals surface area (Å²) in [4.78, 5) is 0. The highest BCUT2D eigenvalue weighted by molar-refractivity contribution is 7.99. The molecule has 109 valence electrons. The van der Waals surface area contributed by atoms with Gasteiger partial charge in [-0.3, -0.25) is 0 Å². The van der Waals surface area contributed by atoms with E-state index < -0.39 is 0 Å². The van der Waals surface area contributed by atoms with E-state index in [0.29, 0.717) is 0 Å². The molecule has 0 heterocycles. The van der Waals surface area contributed by atoms with Crippen LogP contribution in [0.15, 0.2) is 0 Å². The van der Waals surface area contributed by atoms with Gasteiger partial charge in [-0.2, -0.15) is 11.8 Å². The minimum atomic E-state index is 0.864. The average molecular weight is 272 g/mol. The highest BCUT2D eigenvalue weighted by Crippen LogP contribution is 2.16. The Labute approximate surface area is 121 Å². The van der Waals surface area contributed by atoms with E-state index >= 15 is 0 Å². The van der Waals surface area contributed by atoms with Gasteiger partial charge >= 0.3 is 0 Å². The Kier molecular flexibility index (Phi) is 15.7. The SMILES string of the molecule is [CH2]CCCCCCCCCCCCCC(C)SC. The van der Waals surface area contributed by atoms with Gasteiger partial charge in [0.15, 0.2) is 0 Å². The van der Waals surface area contributed by atoms with Crippen molar-refractivity contribution in [1.29, 1.82) is 0 Å². The molecule has 0 rings (SSSR count). The van der Waals surface area contributed by atoms with Crippen molar-refractivity contribution < 1.29 is 0 Å². The molecular weight excluding hydrogens is 236 g/mol. The average Bonchev–Trinajstić information content (AvgIpc) is 2.39. The summed E-state index contributed by atoms with van der Waals surface area (Å²) in [5.74, 6) is 0. The zero-order chi connectivity index (χ0) is 13.5. The summed E-state index contributed by atoms with van der Waals surface area (Å²) in [6.45, 7) is 6.23. The van der Waals surface area contributed by atoms with Crippen molar-refractivity contribution in [2.45, 2.75) is 95.6 Å². The topological polar surface area (TPSA) is 0 Å². The van der Waals surface area contributed by atoms with Crippen LogP contribution in [-0.4, -0.2) is 11.5 Å². The lowest BCUT2D eigenvalue weighted by Crippen LogP contribution is -1.94. The van der Waals surface area contributed by atoms with E-state index in [1.165, 1.54) is 77.0 Å². The monoisotopic (exact) mass is 271 g/mol. The van der Waals surface area contributed by atoms with Gasteiger partial charge in [0.1, 0.15) is 0 Å². The fourth-order valence-electron chi connectivity index (χ4n) is 2.32. The number of rotatable bonds is 14. The molecule has 1 atom stereocenters. The van der Waals surface area contributed by atoms with Crippen LogP contribution in [0.1, 0.15) is 90.4 Å². The second-order valence-corrected chi connectivity index (χ2v) is 6.85. The fraction of sp³-hybridized carbons (Fsp3) is 0.941. The van der Waals surface area contributed by atoms with E-state index in [1.54, 1.807) is 0 Å². The van der Waals surface area contributed by atoms with Crippen LogP contribution in [0.25, 0.3) is 0 Å². The molecule has 0 amide bonds. The smallest absolute Gasteiger partial charge is 0.00159 e. The van der Waals surface area contributed by atoms with Gasteiger partial charge in [0, 0.05) is 5.25 Å². The molecule has 0 aromatic rings. The summed E-state index contributed by atoms with van der Waals surface area (Å²) < 4.78 is 0. The van der Waals surface area contributed by atoms with Crippen molar-refractivity contribution in [2.24, 2.45) is 0 Å². The van der Waals surface area contributed by atoms with Gasteiger partial charge in [-0.15, -0.1) is 0 Å². The van der Waals surface area contributed by atoms with Crippen molar-refractivity contribution in [1.82, 2.24) is 0 Å². The van der Waals surface area contributed by atoms with Crippen LogP contribution in [0.5, 0.6) is 0 Å². The lowest BCUT2D eigenvalue weighted by molar-refractivity contribution is 0.541. The van der Waals surface area contributed by atoms with Crippen molar-refractivity contribution in [3.8, 4) is 0 Å². The largest absolute Gasteiger partial charge is 0.162 e. The molecule has 0 aliphatic rings. The molecule has 0 saturated carbocycles. The fourth-order valence-corrected chi connectivity index (χ4v) is 2.72. The molecule has 0 bridgehead atoms. The standard InChI is InChI=1S/C17H35S/c1-4-5-6-7-8-9-10-11-12-13-14-15-16-17(2)18-3/h17H,1,4-16H2,2-3H3. The number of hydrogen-bond acceptors (Lipinski definition) is 1. The van der Waals surface area contributed by atoms with E-state index in [4.69, 9.17) is 0 Å². The molecule has 18 heavy (non-hydrogen) atoms. The third kappa shape index (κ3) is 14.4. The molecule has 0 aliphatic carbocycles. The molecule has 0 aromatic carbocycles.